The van der Waals surface area contributed by atoms with E-state index in [0.29, 0.717) is 12.6 Å². The minimum atomic E-state index is 0.0109. The first-order chi connectivity index (χ1) is 8.65. The van der Waals surface area contributed by atoms with E-state index in [1.807, 2.05) is 19.1 Å². The Morgan fingerprint density at radius 3 is 2.33 bits per heavy atom. The summed E-state index contributed by atoms with van der Waals surface area (Å²) >= 11 is 0. The molecule has 0 unspecified atom stereocenters. The zero-order chi connectivity index (χ0) is 13.5. The predicted molar refractivity (Wildman–Crippen MR) is 77.8 cm³/mol. The van der Waals surface area contributed by atoms with Gasteiger partial charge in [-0.15, -0.1) is 0 Å². The molecule has 0 radical (unpaired) electrons. The molecular weight excluding hydrogens is 224 g/mol. The van der Waals surface area contributed by atoms with Crippen LogP contribution in [0.25, 0.3) is 0 Å². The van der Waals surface area contributed by atoms with E-state index < -0.39 is 0 Å². The van der Waals surface area contributed by atoms with Gasteiger partial charge < -0.3 is 15.7 Å². The summed E-state index contributed by atoms with van der Waals surface area (Å²) in [4.78, 5) is 2.29. The van der Waals surface area contributed by atoms with Crippen molar-refractivity contribution < 1.29 is 5.11 Å². The molecule has 1 rings (SSSR count). The third kappa shape index (κ3) is 3.47. The molecule has 1 atom stereocenters. The van der Waals surface area contributed by atoms with Gasteiger partial charge in [-0.1, -0.05) is 32.0 Å². The highest BCUT2D eigenvalue weighted by atomic mass is 16.3. The SMILES string of the molecule is CCC(CC)N(CCO)c1ccccc1[C@@H](C)N. The van der Waals surface area contributed by atoms with Crippen molar-refractivity contribution in [3.63, 3.8) is 0 Å². The van der Waals surface area contributed by atoms with Crippen LogP contribution in [-0.4, -0.2) is 24.3 Å². The van der Waals surface area contributed by atoms with Crippen LogP contribution in [-0.2, 0) is 0 Å². The molecular formula is C15H26N2O. The minimum absolute atomic E-state index is 0.0109. The summed E-state index contributed by atoms with van der Waals surface area (Å²) in [7, 11) is 0. The number of aliphatic hydroxyl groups excluding tert-OH is 1. The highest BCUT2D eigenvalue weighted by Gasteiger charge is 2.18. The van der Waals surface area contributed by atoms with E-state index in [1.54, 1.807) is 0 Å². The van der Waals surface area contributed by atoms with E-state index in [4.69, 9.17) is 5.73 Å². The quantitative estimate of drug-likeness (QED) is 0.782. The number of nitrogens with two attached hydrogens (primary N) is 1. The second-order valence-electron chi connectivity index (χ2n) is 4.73. The highest BCUT2D eigenvalue weighted by molar-refractivity contribution is 5.55. The van der Waals surface area contributed by atoms with Gasteiger partial charge in [0.2, 0.25) is 0 Å². The molecule has 0 fully saturated rings. The number of hydrogen-bond donors (Lipinski definition) is 2. The summed E-state index contributed by atoms with van der Waals surface area (Å²) < 4.78 is 0. The molecule has 102 valence electrons. The fourth-order valence-corrected chi connectivity index (χ4v) is 2.47. The number of nitrogens with zero attached hydrogens (tertiary/aromatic N) is 1. The zero-order valence-electron chi connectivity index (χ0n) is 11.8. The van der Waals surface area contributed by atoms with E-state index in [2.05, 4.69) is 30.9 Å². The van der Waals surface area contributed by atoms with Crippen molar-refractivity contribution >= 4 is 5.69 Å². The zero-order valence-corrected chi connectivity index (χ0v) is 11.8. The van der Waals surface area contributed by atoms with Crippen molar-refractivity contribution in [1.29, 1.82) is 0 Å². The Morgan fingerprint density at radius 1 is 1.22 bits per heavy atom. The topological polar surface area (TPSA) is 49.5 Å². The summed E-state index contributed by atoms with van der Waals surface area (Å²) in [6.45, 7) is 7.21. The molecule has 3 nitrogen and oxygen atoms in total. The lowest BCUT2D eigenvalue weighted by molar-refractivity contribution is 0.296. The number of anilines is 1. The Hall–Kier alpha value is -1.06. The Balaban J connectivity index is 3.12. The molecule has 1 aromatic carbocycles. The molecule has 0 heterocycles. The van der Waals surface area contributed by atoms with Crippen LogP contribution in [0.4, 0.5) is 5.69 Å². The molecule has 3 heteroatoms. The third-order valence-corrected chi connectivity index (χ3v) is 3.46. The van der Waals surface area contributed by atoms with Gasteiger partial charge in [-0.2, -0.15) is 0 Å². The van der Waals surface area contributed by atoms with Crippen LogP contribution in [0.15, 0.2) is 24.3 Å². The van der Waals surface area contributed by atoms with Crippen LogP contribution in [0.2, 0.25) is 0 Å². The van der Waals surface area contributed by atoms with Crippen molar-refractivity contribution in [3.8, 4) is 0 Å². The van der Waals surface area contributed by atoms with Gasteiger partial charge in [-0.05, 0) is 31.4 Å². The summed E-state index contributed by atoms with van der Waals surface area (Å²) in [5.74, 6) is 0. The van der Waals surface area contributed by atoms with Gasteiger partial charge in [-0.25, -0.2) is 0 Å². The maximum absolute atomic E-state index is 9.29. The number of hydrogen-bond acceptors (Lipinski definition) is 3. The monoisotopic (exact) mass is 250 g/mol. The predicted octanol–water partition coefficient (Wildman–Crippen LogP) is 2.69. The van der Waals surface area contributed by atoms with E-state index >= 15 is 0 Å². The summed E-state index contributed by atoms with van der Waals surface area (Å²) in [5.41, 5.74) is 8.36. The molecule has 18 heavy (non-hydrogen) atoms. The number of rotatable bonds is 7. The largest absolute Gasteiger partial charge is 0.395 e. The Bertz CT molecular complexity index is 348. The molecule has 0 aliphatic heterocycles. The van der Waals surface area contributed by atoms with E-state index in [1.165, 1.54) is 0 Å². The van der Waals surface area contributed by atoms with Gasteiger partial charge in [0, 0.05) is 24.3 Å². The Labute approximate surface area is 111 Å². The maximum Gasteiger partial charge on any atom is 0.0606 e. The van der Waals surface area contributed by atoms with Gasteiger partial charge in [-0.3, -0.25) is 0 Å². The lowest BCUT2D eigenvalue weighted by atomic mass is 10.0. The lowest BCUT2D eigenvalue weighted by Crippen LogP contribution is -2.37. The smallest absolute Gasteiger partial charge is 0.0606 e. The molecule has 0 saturated heterocycles. The molecule has 1 aromatic rings. The van der Waals surface area contributed by atoms with Crippen LogP contribution in [0, 0.1) is 0 Å². The Morgan fingerprint density at radius 2 is 1.83 bits per heavy atom. The lowest BCUT2D eigenvalue weighted by Gasteiger charge is -2.34. The molecule has 0 saturated carbocycles. The second kappa shape index (κ2) is 7.39. The summed E-state index contributed by atoms with van der Waals surface area (Å²) in [5, 5.41) is 9.29. The van der Waals surface area contributed by atoms with Gasteiger partial charge in [0.15, 0.2) is 0 Å². The minimum Gasteiger partial charge on any atom is -0.395 e. The molecule has 0 aromatic heterocycles. The number of aliphatic hydroxyl groups is 1. The van der Waals surface area contributed by atoms with Crippen molar-refractivity contribution in [2.24, 2.45) is 5.73 Å². The average Bonchev–Trinajstić information content (AvgIpc) is 2.39. The third-order valence-electron chi connectivity index (χ3n) is 3.46. The van der Waals surface area contributed by atoms with Crippen molar-refractivity contribution in [2.75, 3.05) is 18.1 Å². The fraction of sp³-hybridized carbons (Fsp3) is 0.600. The molecule has 0 aliphatic rings. The van der Waals surface area contributed by atoms with Gasteiger partial charge >= 0.3 is 0 Å². The first kappa shape index (κ1) is 15.0. The molecule has 0 bridgehead atoms. The molecule has 0 aliphatic carbocycles. The maximum atomic E-state index is 9.29. The van der Waals surface area contributed by atoms with E-state index in [-0.39, 0.29) is 12.6 Å². The summed E-state index contributed by atoms with van der Waals surface area (Å²) in [6, 6.07) is 8.70. The van der Waals surface area contributed by atoms with Gasteiger partial charge in [0.1, 0.15) is 0 Å². The van der Waals surface area contributed by atoms with Crippen molar-refractivity contribution in [1.82, 2.24) is 0 Å². The number of para-hydroxylation sites is 1. The van der Waals surface area contributed by atoms with Crippen LogP contribution in [0.1, 0.15) is 45.2 Å². The van der Waals surface area contributed by atoms with Crippen molar-refractivity contribution in [2.45, 2.75) is 45.7 Å². The van der Waals surface area contributed by atoms with Crippen LogP contribution >= 0.6 is 0 Å². The van der Waals surface area contributed by atoms with E-state index in [0.717, 1.165) is 24.1 Å². The normalized spacial score (nSPS) is 12.8. The number of benzene rings is 1. The standard InChI is InChI=1S/C15H26N2O/c1-4-13(5-2)17(10-11-18)15-9-7-6-8-14(15)12(3)16/h6-9,12-13,18H,4-5,10-11,16H2,1-3H3/t12-/m1/s1. The second-order valence-corrected chi connectivity index (χ2v) is 4.73. The molecule has 0 spiro atoms. The fourth-order valence-electron chi connectivity index (χ4n) is 2.47. The Kier molecular flexibility index (Phi) is 6.16. The first-order valence-electron chi connectivity index (χ1n) is 6.87. The first-order valence-corrected chi connectivity index (χ1v) is 6.87. The van der Waals surface area contributed by atoms with Gasteiger partial charge in [0.25, 0.3) is 0 Å². The van der Waals surface area contributed by atoms with E-state index in [9.17, 15) is 5.11 Å². The molecule has 0 amide bonds. The van der Waals surface area contributed by atoms with Crippen LogP contribution in [0.5, 0.6) is 0 Å². The highest BCUT2D eigenvalue weighted by Crippen LogP contribution is 2.28. The van der Waals surface area contributed by atoms with Crippen molar-refractivity contribution in [3.05, 3.63) is 29.8 Å². The van der Waals surface area contributed by atoms with Crippen LogP contribution < -0.4 is 10.6 Å². The van der Waals surface area contributed by atoms with Crippen LogP contribution in [0.3, 0.4) is 0 Å². The van der Waals surface area contributed by atoms with Gasteiger partial charge in [0.05, 0.1) is 6.61 Å². The summed E-state index contributed by atoms with van der Waals surface area (Å²) in [6.07, 6.45) is 2.15. The average molecular weight is 250 g/mol. The molecule has 3 N–H and O–H groups in total.